The van der Waals surface area contributed by atoms with Crippen LogP contribution in [-0.2, 0) is 6.42 Å². The van der Waals surface area contributed by atoms with Gasteiger partial charge in [0.25, 0.3) is 0 Å². The number of rotatable bonds is 0. The SMILES string of the molecule is CC1=Cc2ccoc2C1. The van der Waals surface area contributed by atoms with Crippen LogP contribution in [0.25, 0.3) is 6.08 Å². The molecule has 9 heavy (non-hydrogen) atoms. The Bertz CT molecular complexity index is 255. The lowest BCUT2D eigenvalue weighted by Gasteiger charge is -1.85. The summed E-state index contributed by atoms with van der Waals surface area (Å²) < 4.78 is 5.19. The molecule has 0 atom stereocenters. The van der Waals surface area contributed by atoms with Crippen molar-refractivity contribution in [3.63, 3.8) is 0 Å². The Hall–Kier alpha value is -0.980. The van der Waals surface area contributed by atoms with Gasteiger partial charge in [-0.05, 0) is 13.0 Å². The van der Waals surface area contributed by atoms with E-state index < -0.39 is 0 Å². The zero-order chi connectivity index (χ0) is 6.27. The van der Waals surface area contributed by atoms with Crippen molar-refractivity contribution in [2.75, 3.05) is 0 Å². The second kappa shape index (κ2) is 1.50. The average molecular weight is 120 g/mol. The van der Waals surface area contributed by atoms with Gasteiger partial charge >= 0.3 is 0 Å². The molecule has 1 heterocycles. The Morgan fingerprint density at radius 1 is 1.56 bits per heavy atom. The molecule has 1 aromatic heterocycles. The van der Waals surface area contributed by atoms with E-state index in [4.69, 9.17) is 4.42 Å². The van der Waals surface area contributed by atoms with Crippen LogP contribution < -0.4 is 0 Å². The molecule has 1 nitrogen and oxygen atoms in total. The zero-order valence-electron chi connectivity index (χ0n) is 5.35. The molecule has 0 spiro atoms. The van der Waals surface area contributed by atoms with Gasteiger partial charge in [0.2, 0.25) is 0 Å². The largest absolute Gasteiger partial charge is 0.468 e. The van der Waals surface area contributed by atoms with Crippen molar-refractivity contribution >= 4 is 6.08 Å². The van der Waals surface area contributed by atoms with Gasteiger partial charge in [-0.15, -0.1) is 0 Å². The van der Waals surface area contributed by atoms with E-state index in [1.807, 2.05) is 6.07 Å². The number of hydrogen-bond donors (Lipinski definition) is 0. The standard InChI is InChI=1S/C8H8O/c1-6-4-7-2-3-9-8(7)5-6/h2-4H,5H2,1H3. The maximum atomic E-state index is 5.19. The van der Waals surface area contributed by atoms with Crippen LogP contribution >= 0.6 is 0 Å². The molecule has 46 valence electrons. The molecule has 1 aromatic rings. The van der Waals surface area contributed by atoms with Crippen LogP contribution in [0.3, 0.4) is 0 Å². The van der Waals surface area contributed by atoms with Gasteiger partial charge in [0.15, 0.2) is 0 Å². The highest BCUT2D eigenvalue weighted by Crippen LogP contribution is 2.24. The van der Waals surface area contributed by atoms with E-state index in [1.54, 1.807) is 6.26 Å². The van der Waals surface area contributed by atoms with Crippen LogP contribution in [0.5, 0.6) is 0 Å². The van der Waals surface area contributed by atoms with Gasteiger partial charge in [-0.1, -0.05) is 11.6 Å². The molecule has 2 rings (SSSR count). The summed E-state index contributed by atoms with van der Waals surface area (Å²) in [5.74, 6) is 1.12. The maximum absolute atomic E-state index is 5.19. The third-order valence-corrected chi connectivity index (χ3v) is 1.62. The first kappa shape index (κ1) is 4.86. The van der Waals surface area contributed by atoms with Crippen LogP contribution in [0, 0.1) is 0 Å². The molecule has 0 saturated carbocycles. The minimum atomic E-state index is 1.00. The topological polar surface area (TPSA) is 13.1 Å². The molecule has 1 aliphatic carbocycles. The average Bonchev–Trinajstić information content (AvgIpc) is 2.22. The first-order valence-corrected chi connectivity index (χ1v) is 3.10. The molecule has 0 aliphatic heterocycles. The Morgan fingerprint density at radius 3 is 3.22 bits per heavy atom. The van der Waals surface area contributed by atoms with Gasteiger partial charge < -0.3 is 4.42 Å². The molecule has 1 heteroatoms. The molecule has 0 radical (unpaired) electrons. The predicted molar refractivity (Wildman–Crippen MR) is 36.1 cm³/mol. The third-order valence-electron chi connectivity index (χ3n) is 1.62. The van der Waals surface area contributed by atoms with Gasteiger partial charge in [-0.2, -0.15) is 0 Å². The van der Waals surface area contributed by atoms with E-state index >= 15 is 0 Å². The van der Waals surface area contributed by atoms with Crippen molar-refractivity contribution < 1.29 is 4.42 Å². The highest BCUT2D eigenvalue weighted by molar-refractivity contribution is 5.60. The lowest BCUT2D eigenvalue weighted by atomic mass is 10.3. The number of hydrogen-bond acceptors (Lipinski definition) is 1. The van der Waals surface area contributed by atoms with Gasteiger partial charge in [0, 0.05) is 12.0 Å². The maximum Gasteiger partial charge on any atom is 0.114 e. The van der Waals surface area contributed by atoms with Gasteiger partial charge in [-0.25, -0.2) is 0 Å². The van der Waals surface area contributed by atoms with Crippen molar-refractivity contribution in [1.29, 1.82) is 0 Å². The first-order valence-electron chi connectivity index (χ1n) is 3.10. The zero-order valence-corrected chi connectivity index (χ0v) is 5.35. The normalized spacial score (nSPS) is 15.4. The van der Waals surface area contributed by atoms with Crippen molar-refractivity contribution in [3.8, 4) is 0 Å². The Kier molecular flexibility index (Phi) is 0.810. The van der Waals surface area contributed by atoms with Crippen LogP contribution in [-0.4, -0.2) is 0 Å². The summed E-state index contributed by atoms with van der Waals surface area (Å²) in [6.45, 7) is 2.12. The molecule has 0 N–H and O–H groups in total. The molecule has 0 fully saturated rings. The van der Waals surface area contributed by atoms with Crippen LogP contribution in [0.2, 0.25) is 0 Å². The Balaban J connectivity index is 2.55. The van der Waals surface area contributed by atoms with Crippen molar-refractivity contribution in [3.05, 3.63) is 29.2 Å². The van der Waals surface area contributed by atoms with Gasteiger partial charge in [0.05, 0.1) is 6.26 Å². The number of furan rings is 1. The highest BCUT2D eigenvalue weighted by atomic mass is 16.3. The molecule has 0 unspecified atom stereocenters. The summed E-state index contributed by atoms with van der Waals surface area (Å²) in [5, 5.41) is 0. The molecule has 1 aliphatic rings. The van der Waals surface area contributed by atoms with Crippen LogP contribution in [0.4, 0.5) is 0 Å². The number of fused-ring (bicyclic) bond motifs is 1. The predicted octanol–water partition coefficient (Wildman–Crippen LogP) is 2.24. The van der Waals surface area contributed by atoms with Gasteiger partial charge in [-0.3, -0.25) is 0 Å². The third kappa shape index (κ3) is 0.611. The van der Waals surface area contributed by atoms with Crippen molar-refractivity contribution in [1.82, 2.24) is 0 Å². The Morgan fingerprint density at radius 2 is 2.44 bits per heavy atom. The molecular formula is C8H8O. The van der Waals surface area contributed by atoms with E-state index in [0.717, 1.165) is 12.2 Å². The summed E-state index contributed by atoms with van der Waals surface area (Å²) in [7, 11) is 0. The highest BCUT2D eigenvalue weighted by Gasteiger charge is 2.10. The smallest absolute Gasteiger partial charge is 0.114 e. The fraction of sp³-hybridized carbons (Fsp3) is 0.250. The lowest BCUT2D eigenvalue weighted by Crippen LogP contribution is -1.74. The van der Waals surface area contributed by atoms with E-state index in [9.17, 15) is 0 Å². The number of allylic oxidation sites excluding steroid dienone is 1. The van der Waals surface area contributed by atoms with Crippen LogP contribution in [0.15, 0.2) is 22.3 Å². The van der Waals surface area contributed by atoms with Crippen molar-refractivity contribution in [2.24, 2.45) is 0 Å². The van der Waals surface area contributed by atoms with Gasteiger partial charge in [0.1, 0.15) is 5.76 Å². The van der Waals surface area contributed by atoms with Crippen LogP contribution in [0.1, 0.15) is 18.2 Å². The molecule has 0 aromatic carbocycles. The lowest BCUT2D eigenvalue weighted by molar-refractivity contribution is 0.522. The second-order valence-corrected chi connectivity index (χ2v) is 2.47. The fourth-order valence-electron chi connectivity index (χ4n) is 1.19. The molecule has 0 amide bonds. The van der Waals surface area contributed by atoms with Crippen molar-refractivity contribution in [2.45, 2.75) is 13.3 Å². The summed E-state index contributed by atoms with van der Waals surface area (Å²) >= 11 is 0. The second-order valence-electron chi connectivity index (χ2n) is 2.47. The summed E-state index contributed by atoms with van der Waals surface area (Å²) in [4.78, 5) is 0. The molecular weight excluding hydrogens is 112 g/mol. The minimum absolute atomic E-state index is 1.00. The minimum Gasteiger partial charge on any atom is -0.468 e. The summed E-state index contributed by atoms with van der Waals surface area (Å²) in [6, 6.07) is 2.01. The fourth-order valence-corrected chi connectivity index (χ4v) is 1.19. The summed E-state index contributed by atoms with van der Waals surface area (Å²) in [6.07, 6.45) is 4.91. The summed E-state index contributed by atoms with van der Waals surface area (Å²) in [5.41, 5.74) is 2.65. The molecule has 0 saturated heterocycles. The quantitative estimate of drug-likeness (QED) is 0.511. The van der Waals surface area contributed by atoms with E-state index in [-0.39, 0.29) is 0 Å². The molecule has 0 bridgehead atoms. The van der Waals surface area contributed by atoms with E-state index in [1.165, 1.54) is 11.1 Å². The monoisotopic (exact) mass is 120 g/mol. The van der Waals surface area contributed by atoms with E-state index in [0.29, 0.717) is 0 Å². The first-order chi connectivity index (χ1) is 4.36. The Labute approximate surface area is 54.0 Å². The van der Waals surface area contributed by atoms with E-state index in [2.05, 4.69) is 13.0 Å².